The fraction of sp³-hybridized carbons (Fsp3) is 0.351. The van der Waals surface area contributed by atoms with Crippen LogP contribution in [0.25, 0.3) is 21.9 Å². The van der Waals surface area contributed by atoms with Crippen LogP contribution in [0.2, 0.25) is 0 Å². The summed E-state index contributed by atoms with van der Waals surface area (Å²) in [4.78, 5) is 30.9. The number of rotatable bonds is 10. The van der Waals surface area contributed by atoms with E-state index in [1.54, 1.807) is 42.5 Å². The first kappa shape index (κ1) is 37.2. The van der Waals surface area contributed by atoms with Gasteiger partial charge < -0.3 is 20.2 Å². The summed E-state index contributed by atoms with van der Waals surface area (Å²) >= 11 is 0. The van der Waals surface area contributed by atoms with Crippen LogP contribution in [0.1, 0.15) is 44.1 Å². The average molecular weight is 746 g/mol. The first-order chi connectivity index (χ1) is 24.6. The topological polar surface area (TPSA) is 119 Å². The number of amides is 1. The molecule has 4 aromatic carbocycles. The molecule has 15 heteroatoms. The Kier molecular flexibility index (Phi) is 10.6. The first-order valence-electron chi connectivity index (χ1n) is 16.8. The highest BCUT2D eigenvalue weighted by molar-refractivity contribution is 7.89. The fourth-order valence-corrected chi connectivity index (χ4v) is 7.87. The lowest BCUT2D eigenvalue weighted by Gasteiger charge is -2.38. The van der Waals surface area contributed by atoms with Crippen molar-refractivity contribution in [1.29, 1.82) is 0 Å². The molecule has 1 amide bonds. The molecule has 1 saturated heterocycles. The van der Waals surface area contributed by atoms with E-state index in [1.807, 2.05) is 0 Å². The lowest BCUT2D eigenvalue weighted by Crippen LogP contribution is -2.60. The van der Waals surface area contributed by atoms with Gasteiger partial charge in [0.25, 0.3) is 15.9 Å². The van der Waals surface area contributed by atoms with E-state index in [2.05, 4.69) is 4.84 Å². The van der Waals surface area contributed by atoms with Gasteiger partial charge in [-0.1, -0.05) is 60.7 Å². The van der Waals surface area contributed by atoms with Crippen molar-refractivity contribution in [2.45, 2.75) is 73.7 Å². The van der Waals surface area contributed by atoms with Gasteiger partial charge in [-0.2, -0.15) is 22.0 Å². The van der Waals surface area contributed by atoms with Gasteiger partial charge in [-0.15, -0.1) is 0 Å². The molecule has 4 aromatic rings. The number of ether oxygens (including phenoxy) is 1. The Bertz CT molecular complexity index is 2030. The number of nitrogens with zero attached hydrogens (tertiary/aromatic N) is 2. The third-order valence-corrected chi connectivity index (χ3v) is 10.9. The number of halogens is 5. The molecule has 1 saturated carbocycles. The van der Waals surface area contributed by atoms with E-state index in [1.165, 1.54) is 24.3 Å². The third-order valence-electron chi connectivity index (χ3n) is 9.32. The molecule has 0 radical (unpaired) electrons. The van der Waals surface area contributed by atoms with Crippen LogP contribution in [-0.4, -0.2) is 67.1 Å². The lowest BCUT2D eigenvalue weighted by molar-refractivity contribution is -0.239. The van der Waals surface area contributed by atoms with Crippen LogP contribution in [0, 0.1) is 0 Å². The molecule has 0 bridgehead atoms. The van der Waals surface area contributed by atoms with E-state index in [-0.39, 0.29) is 43.0 Å². The molecule has 1 aliphatic heterocycles. The number of likely N-dealkylation sites (tertiary alicyclic amines) is 1. The maximum absolute atomic E-state index is 17.0. The second-order valence-electron chi connectivity index (χ2n) is 13.0. The molecule has 0 spiro atoms. The number of benzene rings is 4. The molecule has 0 unspecified atom stereocenters. The lowest BCUT2D eigenvalue weighted by atomic mass is 9.95. The second-order valence-corrected chi connectivity index (χ2v) is 14.7. The molecule has 1 aliphatic carbocycles. The van der Waals surface area contributed by atoms with Crippen molar-refractivity contribution < 1.29 is 49.5 Å². The van der Waals surface area contributed by atoms with Gasteiger partial charge >= 0.3 is 18.1 Å². The van der Waals surface area contributed by atoms with E-state index in [9.17, 15) is 31.2 Å². The summed E-state index contributed by atoms with van der Waals surface area (Å²) in [6, 6.07) is 17.3. The summed E-state index contributed by atoms with van der Waals surface area (Å²) in [5.41, 5.74) is 5.78. The van der Waals surface area contributed by atoms with Crippen molar-refractivity contribution >= 4 is 32.7 Å². The van der Waals surface area contributed by atoms with Gasteiger partial charge in [-0.3, -0.25) is 4.79 Å². The van der Waals surface area contributed by atoms with Crippen molar-refractivity contribution in [1.82, 2.24) is 9.37 Å². The highest BCUT2D eigenvalue weighted by atomic mass is 32.2. The molecule has 276 valence electrons. The highest BCUT2D eigenvalue weighted by Crippen LogP contribution is 2.41. The molecule has 9 nitrogen and oxygen atoms in total. The van der Waals surface area contributed by atoms with Gasteiger partial charge in [0.15, 0.2) is 0 Å². The summed E-state index contributed by atoms with van der Waals surface area (Å²) < 4.78 is 109. The number of alkyl halides is 5. The van der Waals surface area contributed by atoms with Crippen molar-refractivity contribution in [3.8, 4) is 16.9 Å². The predicted molar refractivity (Wildman–Crippen MR) is 181 cm³/mol. The van der Waals surface area contributed by atoms with Crippen molar-refractivity contribution in [2.24, 2.45) is 5.73 Å². The molecule has 1 atom stereocenters. The Morgan fingerprint density at radius 3 is 2.10 bits per heavy atom. The zero-order chi connectivity index (χ0) is 37.3. The van der Waals surface area contributed by atoms with Crippen LogP contribution < -0.4 is 10.5 Å². The van der Waals surface area contributed by atoms with Crippen LogP contribution in [0.4, 0.5) is 22.0 Å². The van der Waals surface area contributed by atoms with E-state index >= 15 is 8.78 Å². The van der Waals surface area contributed by atoms with E-state index in [4.69, 9.17) is 10.5 Å². The molecular formula is C37H36F5N3O6S. The summed E-state index contributed by atoms with van der Waals surface area (Å²) in [5, 5.41) is 0.741. The standard InChI is InChI=1S/C37H36F5N3O6S/c38-36(39,28-10-6-9-25(21-28)24-7-2-1-3-8-24)33(34(46)44-19-17-29(43)18-20-44)45(51-35(47)37(40,41)42)52(48,49)32-16-14-26-22-31(15-13-27(26)23-32)50-30-11-4-5-12-30/h1-3,6-10,13-16,21-23,29-30,33H,4-5,11-12,17-20,43H2/t33-/m1/s1. The Morgan fingerprint density at radius 2 is 1.42 bits per heavy atom. The zero-order valence-electron chi connectivity index (χ0n) is 27.8. The number of carbonyl (C=O) groups is 2. The van der Waals surface area contributed by atoms with Crippen molar-refractivity contribution in [3.05, 3.63) is 96.6 Å². The summed E-state index contributed by atoms with van der Waals surface area (Å²) in [5.74, 6) is -8.73. The van der Waals surface area contributed by atoms with Gasteiger partial charge in [-0.05, 0) is 95.2 Å². The summed E-state index contributed by atoms with van der Waals surface area (Å²) in [7, 11) is -5.62. The summed E-state index contributed by atoms with van der Waals surface area (Å²) in [6.45, 7) is -0.391. The molecule has 1 heterocycles. The molecular weight excluding hydrogens is 709 g/mol. The highest BCUT2D eigenvalue weighted by Gasteiger charge is 2.58. The van der Waals surface area contributed by atoms with Crippen LogP contribution in [0.3, 0.4) is 0 Å². The minimum atomic E-state index is -5.82. The van der Waals surface area contributed by atoms with Crippen molar-refractivity contribution in [2.75, 3.05) is 13.1 Å². The van der Waals surface area contributed by atoms with Gasteiger partial charge in [-0.25, -0.2) is 13.2 Å². The second kappa shape index (κ2) is 14.8. The first-order valence-corrected chi connectivity index (χ1v) is 18.2. The molecule has 2 aliphatic rings. The maximum Gasteiger partial charge on any atom is 0.492 e. The Morgan fingerprint density at radius 1 is 0.788 bits per heavy atom. The van der Waals surface area contributed by atoms with Gasteiger partial charge in [0.1, 0.15) is 5.75 Å². The smallest absolute Gasteiger partial charge is 0.490 e. The summed E-state index contributed by atoms with van der Waals surface area (Å²) in [6.07, 6.45) is -1.67. The third kappa shape index (κ3) is 7.91. The average Bonchev–Trinajstić information content (AvgIpc) is 3.64. The quantitative estimate of drug-likeness (QED) is 0.138. The maximum atomic E-state index is 17.0. The van der Waals surface area contributed by atoms with E-state index in [0.717, 1.165) is 54.8 Å². The number of hydroxylamine groups is 1. The van der Waals surface area contributed by atoms with Crippen LogP contribution in [-0.2, 0) is 30.4 Å². The normalized spacial score (nSPS) is 17.0. The molecule has 2 N–H and O–H groups in total. The van der Waals surface area contributed by atoms with Crippen LogP contribution >= 0.6 is 0 Å². The van der Waals surface area contributed by atoms with Crippen LogP contribution in [0.15, 0.2) is 95.9 Å². The largest absolute Gasteiger partial charge is 0.492 e. The van der Waals surface area contributed by atoms with Crippen molar-refractivity contribution in [3.63, 3.8) is 0 Å². The minimum Gasteiger partial charge on any atom is -0.490 e. The van der Waals surface area contributed by atoms with Crippen LogP contribution in [0.5, 0.6) is 5.75 Å². The van der Waals surface area contributed by atoms with Gasteiger partial charge in [0.2, 0.25) is 6.04 Å². The number of nitrogens with two attached hydrogens (primary N) is 1. The number of carbonyl (C=O) groups excluding carboxylic acids is 2. The zero-order valence-corrected chi connectivity index (χ0v) is 28.6. The molecule has 6 rings (SSSR count). The number of hydrogen-bond donors (Lipinski definition) is 1. The Labute approximate surface area is 297 Å². The predicted octanol–water partition coefficient (Wildman–Crippen LogP) is 6.95. The number of hydrogen-bond acceptors (Lipinski definition) is 7. The molecule has 2 fully saturated rings. The van der Waals surface area contributed by atoms with E-state index in [0.29, 0.717) is 16.7 Å². The monoisotopic (exact) mass is 745 g/mol. The number of sulfonamides is 1. The fourth-order valence-electron chi connectivity index (χ4n) is 6.48. The van der Waals surface area contributed by atoms with Gasteiger partial charge in [0.05, 0.1) is 11.0 Å². The minimum absolute atomic E-state index is 0.0224. The Balaban J connectivity index is 1.46. The molecule has 52 heavy (non-hydrogen) atoms. The number of fused-ring (bicyclic) bond motifs is 1. The van der Waals surface area contributed by atoms with E-state index < -0.39 is 61.0 Å². The Hall–Kier alpha value is -4.60. The molecule has 0 aromatic heterocycles. The SMILES string of the molecule is NC1CCN(C(=O)[C@@H](N(OC(=O)C(F)(F)F)S(=O)(=O)c2ccc3cc(OC4CCCC4)ccc3c2)C(F)(F)c2cccc(-c3ccccc3)c2)CC1. The number of piperidine rings is 1. The van der Waals surface area contributed by atoms with Gasteiger partial charge in [0, 0.05) is 24.7 Å².